The Morgan fingerprint density at radius 2 is 1.73 bits per heavy atom. The van der Waals surface area contributed by atoms with Crippen molar-refractivity contribution in [3.63, 3.8) is 0 Å². The lowest BCUT2D eigenvalue weighted by molar-refractivity contribution is 0.0693. The summed E-state index contributed by atoms with van der Waals surface area (Å²) in [5.74, 6) is -1.31. The maximum atomic E-state index is 10.3. The molecule has 5 heteroatoms. The average Bonchev–Trinajstić information content (AvgIpc) is 2.48. The van der Waals surface area contributed by atoms with Crippen molar-refractivity contribution in [2.75, 3.05) is 5.73 Å². The summed E-state index contributed by atoms with van der Waals surface area (Å²) in [5.41, 5.74) is 8.49. The molecule has 0 saturated carbocycles. The van der Waals surface area contributed by atoms with E-state index < -0.39 is 5.97 Å². The predicted molar refractivity (Wildman–Crippen MR) is 86.0 cm³/mol. The molecule has 2 aromatic carbocycles. The molecule has 0 spiro atoms. The molecular formula is C17H16N2O3. The number of nitrogens with two attached hydrogens (primary N) is 1. The van der Waals surface area contributed by atoms with Crippen LogP contribution in [0.25, 0.3) is 10.9 Å². The summed E-state index contributed by atoms with van der Waals surface area (Å²) in [6.07, 6.45) is 0. The van der Waals surface area contributed by atoms with E-state index in [1.165, 1.54) is 12.1 Å². The molecule has 1 heterocycles. The molecule has 5 nitrogen and oxygen atoms in total. The monoisotopic (exact) mass is 296 g/mol. The summed E-state index contributed by atoms with van der Waals surface area (Å²) in [5, 5.41) is 18.3. The fourth-order valence-electron chi connectivity index (χ4n) is 1.99. The van der Waals surface area contributed by atoms with Gasteiger partial charge in [0, 0.05) is 16.8 Å². The molecule has 0 atom stereocenters. The number of aromatic hydroxyl groups is 1. The van der Waals surface area contributed by atoms with E-state index in [2.05, 4.69) is 4.98 Å². The van der Waals surface area contributed by atoms with Gasteiger partial charge < -0.3 is 15.9 Å². The molecule has 112 valence electrons. The standard InChI is InChI=1S/C10H10N2.C7H6O3/c1-7-6-9(11)8-4-2-3-5-10(8)12-7;8-6-4-2-1-3-5(6)7(9)10/h2-6H,1H3,(H2,11,12);1-4,8H,(H,9,10). The predicted octanol–water partition coefficient (Wildman–Crippen LogP) is 3.22. The van der Waals surface area contributed by atoms with E-state index in [-0.39, 0.29) is 11.3 Å². The Balaban J connectivity index is 0.000000164. The molecule has 0 saturated heterocycles. The molecule has 0 bridgehead atoms. The first-order valence-corrected chi connectivity index (χ1v) is 6.62. The Bertz CT molecular complexity index is 816. The van der Waals surface area contributed by atoms with Gasteiger partial charge in [0.25, 0.3) is 0 Å². The second-order valence-corrected chi connectivity index (χ2v) is 4.69. The quantitative estimate of drug-likeness (QED) is 0.640. The van der Waals surface area contributed by atoms with Crippen LogP contribution in [0, 0.1) is 6.92 Å². The summed E-state index contributed by atoms with van der Waals surface area (Å²) in [4.78, 5) is 14.6. The highest BCUT2D eigenvalue weighted by atomic mass is 16.4. The Hall–Kier alpha value is -3.08. The van der Waals surface area contributed by atoms with Crippen LogP contribution in [-0.4, -0.2) is 21.2 Å². The van der Waals surface area contributed by atoms with Crippen LogP contribution in [-0.2, 0) is 0 Å². The fraction of sp³-hybridized carbons (Fsp3) is 0.0588. The van der Waals surface area contributed by atoms with Gasteiger partial charge in [-0.3, -0.25) is 4.98 Å². The average molecular weight is 296 g/mol. The van der Waals surface area contributed by atoms with Crippen molar-refractivity contribution < 1.29 is 15.0 Å². The SMILES string of the molecule is Cc1cc(N)c2ccccc2n1.O=C(O)c1ccccc1O. The zero-order valence-corrected chi connectivity index (χ0v) is 12.0. The number of phenols is 1. The zero-order chi connectivity index (χ0) is 16.1. The van der Waals surface area contributed by atoms with Crippen LogP contribution in [0.5, 0.6) is 5.75 Å². The zero-order valence-electron chi connectivity index (χ0n) is 12.0. The van der Waals surface area contributed by atoms with Crippen LogP contribution in [0.2, 0.25) is 0 Å². The molecule has 0 amide bonds. The van der Waals surface area contributed by atoms with Crippen molar-refractivity contribution in [1.29, 1.82) is 0 Å². The van der Waals surface area contributed by atoms with Crippen LogP contribution in [0.15, 0.2) is 54.6 Å². The van der Waals surface area contributed by atoms with E-state index in [9.17, 15) is 4.79 Å². The number of aromatic carboxylic acids is 1. The lowest BCUT2D eigenvalue weighted by Gasteiger charge is -2.01. The first-order chi connectivity index (χ1) is 10.5. The Labute approximate surface area is 127 Å². The highest BCUT2D eigenvalue weighted by Gasteiger charge is 2.05. The lowest BCUT2D eigenvalue weighted by Crippen LogP contribution is -1.95. The van der Waals surface area contributed by atoms with Gasteiger partial charge in [0.2, 0.25) is 0 Å². The second-order valence-electron chi connectivity index (χ2n) is 4.69. The highest BCUT2D eigenvalue weighted by Crippen LogP contribution is 2.19. The summed E-state index contributed by atoms with van der Waals surface area (Å²) in [7, 11) is 0. The summed E-state index contributed by atoms with van der Waals surface area (Å²) in [6.45, 7) is 1.95. The number of benzene rings is 2. The van der Waals surface area contributed by atoms with Crippen LogP contribution in [0.3, 0.4) is 0 Å². The number of carboxylic acid groups (broad SMARTS) is 1. The van der Waals surface area contributed by atoms with Gasteiger partial charge in [-0.1, -0.05) is 30.3 Å². The van der Waals surface area contributed by atoms with E-state index in [1.807, 2.05) is 37.3 Å². The Kier molecular flexibility index (Phi) is 4.58. The number of para-hydroxylation sites is 2. The van der Waals surface area contributed by atoms with E-state index >= 15 is 0 Å². The Morgan fingerprint density at radius 3 is 2.36 bits per heavy atom. The summed E-state index contributed by atoms with van der Waals surface area (Å²) < 4.78 is 0. The van der Waals surface area contributed by atoms with E-state index in [0.717, 1.165) is 22.3 Å². The molecule has 1 aromatic heterocycles. The van der Waals surface area contributed by atoms with Gasteiger partial charge in [-0.05, 0) is 31.2 Å². The molecular weight excluding hydrogens is 280 g/mol. The molecule has 0 unspecified atom stereocenters. The third kappa shape index (κ3) is 3.52. The third-order valence-electron chi connectivity index (χ3n) is 3.01. The van der Waals surface area contributed by atoms with Gasteiger partial charge in [0.15, 0.2) is 0 Å². The lowest BCUT2D eigenvalue weighted by atomic mass is 10.2. The number of hydrogen-bond donors (Lipinski definition) is 3. The molecule has 4 N–H and O–H groups in total. The number of pyridine rings is 1. The van der Waals surface area contributed by atoms with Crippen molar-refractivity contribution in [1.82, 2.24) is 4.98 Å². The number of nitrogen functional groups attached to an aromatic ring is 1. The summed E-state index contributed by atoms with van der Waals surface area (Å²) >= 11 is 0. The molecule has 3 rings (SSSR count). The number of rotatable bonds is 1. The normalized spacial score (nSPS) is 9.86. The smallest absolute Gasteiger partial charge is 0.339 e. The van der Waals surface area contributed by atoms with Gasteiger partial charge in [0.1, 0.15) is 11.3 Å². The van der Waals surface area contributed by atoms with Crippen molar-refractivity contribution in [2.24, 2.45) is 0 Å². The van der Waals surface area contributed by atoms with E-state index in [0.29, 0.717) is 0 Å². The number of anilines is 1. The molecule has 0 fully saturated rings. The van der Waals surface area contributed by atoms with Crippen molar-refractivity contribution in [3.05, 3.63) is 65.9 Å². The number of carbonyl (C=O) groups is 1. The van der Waals surface area contributed by atoms with Gasteiger partial charge in [0.05, 0.1) is 5.52 Å². The van der Waals surface area contributed by atoms with Crippen molar-refractivity contribution in [2.45, 2.75) is 6.92 Å². The number of fused-ring (bicyclic) bond motifs is 1. The summed E-state index contributed by atoms with van der Waals surface area (Å²) in [6, 6.07) is 15.6. The molecule has 3 aromatic rings. The maximum Gasteiger partial charge on any atom is 0.339 e. The first kappa shape index (κ1) is 15.3. The molecule has 0 aliphatic rings. The van der Waals surface area contributed by atoms with Crippen molar-refractivity contribution >= 4 is 22.6 Å². The molecule has 0 aliphatic carbocycles. The minimum absolute atomic E-state index is 0.0671. The molecule has 0 radical (unpaired) electrons. The number of aryl methyl sites for hydroxylation is 1. The van der Waals surface area contributed by atoms with Gasteiger partial charge >= 0.3 is 5.97 Å². The third-order valence-corrected chi connectivity index (χ3v) is 3.01. The van der Waals surface area contributed by atoms with Gasteiger partial charge in [-0.15, -0.1) is 0 Å². The van der Waals surface area contributed by atoms with Gasteiger partial charge in [-0.25, -0.2) is 4.79 Å². The fourth-order valence-corrected chi connectivity index (χ4v) is 1.99. The van der Waals surface area contributed by atoms with E-state index in [4.69, 9.17) is 15.9 Å². The van der Waals surface area contributed by atoms with E-state index in [1.54, 1.807) is 12.1 Å². The molecule has 22 heavy (non-hydrogen) atoms. The maximum absolute atomic E-state index is 10.3. The molecule has 0 aliphatic heterocycles. The highest BCUT2D eigenvalue weighted by molar-refractivity contribution is 5.90. The minimum Gasteiger partial charge on any atom is -0.507 e. The topological polar surface area (TPSA) is 96.4 Å². The second kappa shape index (κ2) is 6.58. The van der Waals surface area contributed by atoms with Crippen LogP contribution < -0.4 is 5.73 Å². The van der Waals surface area contributed by atoms with Crippen molar-refractivity contribution in [3.8, 4) is 5.75 Å². The largest absolute Gasteiger partial charge is 0.507 e. The number of aromatic nitrogens is 1. The number of hydrogen-bond acceptors (Lipinski definition) is 4. The van der Waals surface area contributed by atoms with Crippen LogP contribution in [0.1, 0.15) is 16.1 Å². The Morgan fingerprint density at radius 1 is 1.09 bits per heavy atom. The van der Waals surface area contributed by atoms with Gasteiger partial charge in [-0.2, -0.15) is 0 Å². The van der Waals surface area contributed by atoms with Crippen LogP contribution >= 0.6 is 0 Å². The first-order valence-electron chi connectivity index (χ1n) is 6.62. The van der Waals surface area contributed by atoms with Crippen LogP contribution in [0.4, 0.5) is 5.69 Å². The number of nitrogens with zero attached hydrogens (tertiary/aromatic N) is 1. The minimum atomic E-state index is -1.11. The number of carboxylic acids is 1.